The third-order valence-electron chi connectivity index (χ3n) is 1.72. The fourth-order valence-corrected chi connectivity index (χ4v) is 1.18. The van der Waals surface area contributed by atoms with Crippen LogP contribution in [0.4, 0.5) is 0 Å². The molecule has 0 aliphatic heterocycles. The Bertz CT molecular complexity index is 492. The van der Waals surface area contributed by atoms with Crippen LogP contribution in [0.3, 0.4) is 0 Å². The Balaban J connectivity index is 2.43. The molecule has 6 nitrogen and oxygen atoms in total. The molecule has 2 amide bonds. The van der Waals surface area contributed by atoms with Crippen LogP contribution in [0.15, 0.2) is 24.5 Å². The molecule has 0 saturated heterocycles. The molecule has 1 aromatic heterocycles. The molecule has 1 rings (SSSR count). The van der Waals surface area contributed by atoms with Gasteiger partial charge in [-0.3, -0.25) is 30.7 Å². The van der Waals surface area contributed by atoms with Crippen molar-refractivity contribution in [3.63, 3.8) is 0 Å². The van der Waals surface area contributed by atoms with E-state index in [9.17, 15) is 9.59 Å². The second kappa shape index (κ2) is 6.85. The molecule has 0 bridgehead atoms. The van der Waals surface area contributed by atoms with E-state index < -0.39 is 15.6 Å². The molecular weight excluding hydrogens is 335 g/mol. The number of hydrazine groups is 1. The molecular formula is C9H7Cl3N4O2S. The zero-order valence-corrected chi connectivity index (χ0v) is 12.2. The van der Waals surface area contributed by atoms with E-state index in [1.165, 1.54) is 24.5 Å². The van der Waals surface area contributed by atoms with Crippen molar-refractivity contribution in [2.24, 2.45) is 0 Å². The molecule has 1 heterocycles. The largest absolute Gasteiger partial charge is 0.298 e. The minimum Gasteiger partial charge on any atom is -0.298 e. The fourth-order valence-electron chi connectivity index (χ4n) is 0.894. The molecule has 0 saturated carbocycles. The van der Waals surface area contributed by atoms with Gasteiger partial charge < -0.3 is 0 Å². The van der Waals surface area contributed by atoms with Gasteiger partial charge in [-0.15, -0.1) is 0 Å². The van der Waals surface area contributed by atoms with Crippen molar-refractivity contribution in [2.45, 2.75) is 3.79 Å². The first-order valence-corrected chi connectivity index (χ1v) is 6.23. The van der Waals surface area contributed by atoms with Crippen LogP contribution in [0.25, 0.3) is 0 Å². The van der Waals surface area contributed by atoms with Crippen LogP contribution in [-0.2, 0) is 4.79 Å². The molecule has 0 aliphatic rings. The number of aromatic nitrogens is 1. The summed E-state index contributed by atoms with van der Waals surface area (Å²) in [5, 5.41) is 1.88. The Morgan fingerprint density at radius 1 is 1.16 bits per heavy atom. The number of rotatable bonds is 1. The van der Waals surface area contributed by atoms with Crippen LogP contribution in [0.1, 0.15) is 10.4 Å². The third kappa shape index (κ3) is 5.56. The van der Waals surface area contributed by atoms with E-state index in [1.54, 1.807) is 0 Å². The standard InChI is InChI=1S/C9H7Cl3N4O2S/c10-9(11,12)7(18)14-8(19)16-15-6(17)5-1-3-13-4-2-5/h1-4H,(H,15,17)(H2,14,16,18,19). The lowest BCUT2D eigenvalue weighted by Gasteiger charge is -2.13. The zero-order chi connectivity index (χ0) is 14.5. The van der Waals surface area contributed by atoms with Gasteiger partial charge in [0.25, 0.3) is 15.6 Å². The first-order chi connectivity index (χ1) is 8.80. The minimum atomic E-state index is -2.14. The van der Waals surface area contributed by atoms with E-state index in [1.807, 2.05) is 0 Å². The van der Waals surface area contributed by atoms with Crippen LogP contribution in [0.5, 0.6) is 0 Å². The Kier molecular flexibility index (Phi) is 5.74. The van der Waals surface area contributed by atoms with Gasteiger partial charge in [0.15, 0.2) is 5.11 Å². The lowest BCUT2D eigenvalue weighted by Crippen LogP contribution is -2.50. The lowest BCUT2D eigenvalue weighted by molar-refractivity contribution is -0.118. The average Bonchev–Trinajstić information content (AvgIpc) is 2.35. The average molecular weight is 342 g/mol. The predicted octanol–water partition coefficient (Wildman–Crippen LogP) is 1.09. The van der Waals surface area contributed by atoms with Crippen molar-refractivity contribution in [2.75, 3.05) is 0 Å². The monoisotopic (exact) mass is 340 g/mol. The summed E-state index contributed by atoms with van der Waals surface area (Å²) >= 11 is 20.7. The Labute approximate surface area is 128 Å². The third-order valence-corrected chi connectivity index (χ3v) is 2.44. The summed E-state index contributed by atoms with van der Waals surface area (Å²) in [4.78, 5) is 26.6. The van der Waals surface area contributed by atoms with Crippen LogP contribution >= 0.6 is 47.0 Å². The summed E-state index contributed by atoms with van der Waals surface area (Å²) in [6.07, 6.45) is 2.91. The van der Waals surface area contributed by atoms with Gasteiger partial charge in [0.05, 0.1) is 0 Å². The highest BCUT2D eigenvalue weighted by Gasteiger charge is 2.31. The molecule has 0 aliphatic carbocycles. The smallest absolute Gasteiger partial charge is 0.278 e. The zero-order valence-electron chi connectivity index (χ0n) is 9.12. The van der Waals surface area contributed by atoms with Crippen LogP contribution in [0, 0.1) is 0 Å². The second-order valence-corrected chi connectivity index (χ2v) is 5.79. The van der Waals surface area contributed by atoms with Crippen molar-refractivity contribution in [1.82, 2.24) is 21.2 Å². The summed E-state index contributed by atoms with van der Waals surface area (Å²) in [5.74, 6) is -1.40. The maximum absolute atomic E-state index is 11.6. The number of pyridine rings is 1. The van der Waals surface area contributed by atoms with Crippen LogP contribution in [0.2, 0.25) is 0 Å². The Morgan fingerprint density at radius 2 is 1.74 bits per heavy atom. The number of thiocarbonyl (C=S) groups is 1. The highest BCUT2D eigenvalue weighted by Crippen LogP contribution is 2.25. The van der Waals surface area contributed by atoms with Crippen molar-refractivity contribution < 1.29 is 9.59 Å². The van der Waals surface area contributed by atoms with E-state index in [2.05, 4.69) is 21.2 Å². The number of nitrogens with zero attached hydrogens (tertiary/aromatic N) is 1. The van der Waals surface area contributed by atoms with Crippen LogP contribution < -0.4 is 16.2 Å². The summed E-state index contributed by atoms with van der Waals surface area (Å²) in [6.45, 7) is 0. The molecule has 0 aromatic carbocycles. The van der Waals surface area contributed by atoms with Crippen molar-refractivity contribution >= 4 is 63.9 Å². The van der Waals surface area contributed by atoms with Gasteiger partial charge in [-0.1, -0.05) is 34.8 Å². The molecule has 19 heavy (non-hydrogen) atoms. The number of carbonyl (C=O) groups is 2. The van der Waals surface area contributed by atoms with Gasteiger partial charge in [0.2, 0.25) is 0 Å². The Hall–Kier alpha value is -1.15. The van der Waals surface area contributed by atoms with Gasteiger partial charge in [-0.2, -0.15) is 0 Å². The highest BCUT2D eigenvalue weighted by molar-refractivity contribution is 7.80. The number of carbonyl (C=O) groups excluding carboxylic acids is 2. The molecule has 0 radical (unpaired) electrons. The number of alkyl halides is 3. The molecule has 0 unspecified atom stereocenters. The number of hydrogen-bond acceptors (Lipinski definition) is 4. The number of halogens is 3. The van der Waals surface area contributed by atoms with Gasteiger partial charge >= 0.3 is 0 Å². The van der Waals surface area contributed by atoms with Gasteiger partial charge in [-0.25, -0.2) is 0 Å². The van der Waals surface area contributed by atoms with Crippen molar-refractivity contribution in [3.8, 4) is 0 Å². The quantitative estimate of drug-likeness (QED) is 0.404. The first kappa shape index (κ1) is 15.9. The molecule has 102 valence electrons. The second-order valence-electron chi connectivity index (χ2n) is 3.10. The molecule has 3 N–H and O–H groups in total. The highest BCUT2D eigenvalue weighted by atomic mass is 35.6. The maximum atomic E-state index is 11.6. The summed E-state index contributed by atoms with van der Waals surface area (Å²) < 4.78 is -2.14. The number of nitrogens with one attached hydrogen (secondary N) is 3. The SMILES string of the molecule is O=C(NNC(=S)NC(=O)C(Cl)(Cl)Cl)c1ccncc1. The van der Waals surface area contributed by atoms with E-state index >= 15 is 0 Å². The fraction of sp³-hybridized carbons (Fsp3) is 0.111. The van der Waals surface area contributed by atoms with E-state index in [0.29, 0.717) is 5.56 Å². The number of hydrogen-bond donors (Lipinski definition) is 3. The maximum Gasteiger partial charge on any atom is 0.278 e. The predicted molar refractivity (Wildman–Crippen MR) is 75.9 cm³/mol. The van der Waals surface area contributed by atoms with Crippen molar-refractivity contribution in [3.05, 3.63) is 30.1 Å². The summed E-state index contributed by atoms with van der Waals surface area (Å²) in [7, 11) is 0. The van der Waals surface area contributed by atoms with E-state index in [-0.39, 0.29) is 5.11 Å². The molecule has 0 spiro atoms. The van der Waals surface area contributed by atoms with Gasteiger partial charge in [-0.05, 0) is 24.4 Å². The normalized spacial score (nSPS) is 10.5. The topological polar surface area (TPSA) is 83.1 Å². The Morgan fingerprint density at radius 3 is 2.26 bits per heavy atom. The van der Waals surface area contributed by atoms with Gasteiger partial charge in [0, 0.05) is 18.0 Å². The molecule has 0 atom stereocenters. The summed E-state index contributed by atoms with van der Waals surface area (Å²) in [5.41, 5.74) is 4.90. The van der Waals surface area contributed by atoms with Crippen molar-refractivity contribution in [1.29, 1.82) is 0 Å². The summed E-state index contributed by atoms with van der Waals surface area (Å²) in [6, 6.07) is 3.00. The molecule has 0 fully saturated rings. The first-order valence-electron chi connectivity index (χ1n) is 4.69. The van der Waals surface area contributed by atoms with Crippen LogP contribution in [-0.4, -0.2) is 25.7 Å². The van der Waals surface area contributed by atoms with Gasteiger partial charge in [0.1, 0.15) is 0 Å². The minimum absolute atomic E-state index is 0.210. The van der Waals surface area contributed by atoms with E-state index in [0.717, 1.165) is 0 Å². The number of amides is 2. The molecule has 1 aromatic rings. The van der Waals surface area contributed by atoms with E-state index in [4.69, 9.17) is 47.0 Å². The lowest BCUT2D eigenvalue weighted by atomic mass is 10.3. The molecule has 10 heteroatoms.